The summed E-state index contributed by atoms with van der Waals surface area (Å²) in [5, 5.41) is 4.03. The highest BCUT2D eigenvalue weighted by atomic mass is 32.2. The molecule has 1 aromatic heterocycles. The predicted octanol–water partition coefficient (Wildman–Crippen LogP) is 1.33. The molecule has 106 valence electrons. The zero-order valence-electron chi connectivity index (χ0n) is 11.5. The molecule has 1 fully saturated rings. The molecular weight excluding hydrogens is 266 g/mol. The van der Waals surface area contributed by atoms with E-state index in [4.69, 9.17) is 0 Å². The number of nitrogens with zero attached hydrogens (tertiary/aromatic N) is 3. The fraction of sp³-hybridized carbons (Fsp3) is 0.667. The Morgan fingerprint density at radius 2 is 1.74 bits per heavy atom. The Morgan fingerprint density at radius 1 is 1.16 bits per heavy atom. The molecular formula is C12H19N3O3S. The van der Waals surface area contributed by atoms with Crippen molar-refractivity contribution >= 4 is 15.9 Å². The minimum absolute atomic E-state index is 0.185. The van der Waals surface area contributed by atoms with Crippen molar-refractivity contribution in [2.75, 3.05) is 13.1 Å². The van der Waals surface area contributed by atoms with Gasteiger partial charge < -0.3 is 0 Å². The van der Waals surface area contributed by atoms with Gasteiger partial charge in [-0.3, -0.25) is 4.79 Å². The van der Waals surface area contributed by atoms with Crippen molar-refractivity contribution < 1.29 is 13.2 Å². The number of aryl methyl sites for hydroxylation is 1. The third-order valence-electron chi connectivity index (χ3n) is 3.44. The van der Waals surface area contributed by atoms with Crippen molar-refractivity contribution in [3.8, 4) is 0 Å². The molecule has 0 atom stereocenters. The summed E-state index contributed by atoms with van der Waals surface area (Å²) in [5.41, 5.74) is 0.786. The molecule has 0 N–H and O–H groups in total. The van der Waals surface area contributed by atoms with E-state index in [9.17, 15) is 13.2 Å². The van der Waals surface area contributed by atoms with Gasteiger partial charge in [0.15, 0.2) is 0 Å². The molecule has 0 spiro atoms. The van der Waals surface area contributed by atoms with Gasteiger partial charge in [-0.15, -0.1) is 0 Å². The van der Waals surface area contributed by atoms with Crippen molar-refractivity contribution in [1.29, 1.82) is 0 Å². The summed E-state index contributed by atoms with van der Waals surface area (Å²) in [5.74, 6) is -0.277. The second-order valence-electron chi connectivity index (χ2n) is 4.90. The molecule has 2 rings (SSSR count). The van der Waals surface area contributed by atoms with E-state index in [0.29, 0.717) is 24.5 Å². The molecule has 1 aliphatic heterocycles. The molecule has 0 aliphatic carbocycles. The Kier molecular flexibility index (Phi) is 3.78. The molecule has 0 bridgehead atoms. The van der Waals surface area contributed by atoms with Crippen LogP contribution >= 0.6 is 0 Å². The van der Waals surface area contributed by atoms with E-state index in [1.807, 2.05) is 0 Å². The molecule has 19 heavy (non-hydrogen) atoms. The molecule has 0 aromatic carbocycles. The van der Waals surface area contributed by atoms with Gasteiger partial charge in [-0.1, -0.05) is 6.42 Å². The lowest BCUT2D eigenvalue weighted by atomic mass is 10.2. The summed E-state index contributed by atoms with van der Waals surface area (Å²) in [7, 11) is -3.54. The van der Waals surface area contributed by atoms with Gasteiger partial charge in [0.1, 0.15) is 4.90 Å². The highest BCUT2D eigenvalue weighted by Gasteiger charge is 2.32. The molecule has 0 amide bonds. The van der Waals surface area contributed by atoms with Crippen LogP contribution in [-0.2, 0) is 10.0 Å². The first-order valence-electron chi connectivity index (χ1n) is 6.43. The molecule has 0 radical (unpaired) electrons. The van der Waals surface area contributed by atoms with E-state index in [1.54, 1.807) is 13.8 Å². The fourth-order valence-electron chi connectivity index (χ4n) is 2.54. The average Bonchev–Trinajstić information content (AvgIpc) is 2.66. The highest BCUT2D eigenvalue weighted by Crippen LogP contribution is 2.25. The molecule has 6 nitrogen and oxygen atoms in total. The molecule has 7 heteroatoms. The topological polar surface area (TPSA) is 72.3 Å². The smallest absolute Gasteiger partial charge is 0.246 e. The second-order valence-corrected chi connectivity index (χ2v) is 6.77. The SMILES string of the molecule is CC(=O)n1nc(C)c(S(=O)(=O)N2CCCCC2)c1C. The molecule has 0 unspecified atom stereocenters. The van der Waals surface area contributed by atoms with E-state index in [1.165, 1.54) is 11.2 Å². The second kappa shape index (κ2) is 5.05. The van der Waals surface area contributed by atoms with E-state index < -0.39 is 10.0 Å². The van der Waals surface area contributed by atoms with Gasteiger partial charge in [0.25, 0.3) is 0 Å². The van der Waals surface area contributed by atoms with Crippen LogP contribution in [0.2, 0.25) is 0 Å². The van der Waals surface area contributed by atoms with Gasteiger partial charge >= 0.3 is 0 Å². The number of aromatic nitrogens is 2. The summed E-state index contributed by atoms with van der Waals surface area (Å²) in [4.78, 5) is 11.6. The van der Waals surface area contributed by atoms with Gasteiger partial charge in [-0.2, -0.15) is 9.40 Å². The van der Waals surface area contributed by atoms with Gasteiger partial charge in [0.2, 0.25) is 15.9 Å². The van der Waals surface area contributed by atoms with E-state index in [-0.39, 0.29) is 10.8 Å². The summed E-state index contributed by atoms with van der Waals surface area (Å²) >= 11 is 0. The van der Waals surface area contributed by atoms with Crippen LogP contribution in [0, 0.1) is 13.8 Å². The number of sulfonamides is 1. The maximum atomic E-state index is 12.6. The first-order chi connectivity index (χ1) is 8.85. The molecule has 1 saturated heterocycles. The maximum Gasteiger partial charge on any atom is 0.246 e. The number of rotatable bonds is 2. The largest absolute Gasteiger partial charge is 0.273 e. The van der Waals surface area contributed by atoms with Gasteiger partial charge in [0.05, 0.1) is 11.4 Å². The Balaban J connectivity index is 2.48. The molecule has 1 aromatic rings. The molecule has 0 saturated carbocycles. The zero-order chi connectivity index (χ0) is 14.2. The molecule has 1 aliphatic rings. The minimum Gasteiger partial charge on any atom is -0.273 e. The number of carbonyl (C=O) groups is 1. The van der Waals surface area contributed by atoms with Crippen LogP contribution in [0.4, 0.5) is 0 Å². The van der Waals surface area contributed by atoms with Crippen molar-refractivity contribution in [2.45, 2.75) is 44.9 Å². The summed E-state index contributed by atoms with van der Waals surface area (Å²) in [6.45, 7) is 5.72. The van der Waals surface area contributed by atoms with Gasteiger partial charge in [-0.25, -0.2) is 13.1 Å². The first kappa shape index (κ1) is 14.2. The Labute approximate surface area is 113 Å². The monoisotopic (exact) mass is 285 g/mol. The summed E-state index contributed by atoms with van der Waals surface area (Å²) in [6, 6.07) is 0. The van der Waals surface area contributed by atoms with Gasteiger partial charge in [0, 0.05) is 20.0 Å². The third-order valence-corrected chi connectivity index (χ3v) is 5.59. The standard InChI is InChI=1S/C12H19N3O3S/c1-9-12(10(2)15(13-9)11(3)16)19(17,18)14-7-5-4-6-8-14/h4-8H2,1-3H3. The van der Waals surface area contributed by atoms with Gasteiger partial charge in [-0.05, 0) is 26.7 Å². The van der Waals surface area contributed by atoms with Crippen molar-refractivity contribution in [1.82, 2.24) is 14.1 Å². The minimum atomic E-state index is -3.54. The van der Waals surface area contributed by atoms with E-state index in [2.05, 4.69) is 5.10 Å². The van der Waals surface area contributed by atoms with E-state index in [0.717, 1.165) is 23.9 Å². The lowest BCUT2D eigenvalue weighted by Crippen LogP contribution is -2.36. The average molecular weight is 285 g/mol. The Morgan fingerprint density at radius 3 is 2.21 bits per heavy atom. The Bertz CT molecular complexity index is 598. The number of piperidine rings is 1. The summed E-state index contributed by atoms with van der Waals surface area (Å²) in [6.07, 6.45) is 2.84. The van der Waals surface area contributed by atoms with Crippen LogP contribution in [-0.4, -0.2) is 41.5 Å². The highest BCUT2D eigenvalue weighted by molar-refractivity contribution is 7.89. The third kappa shape index (κ3) is 2.44. The van der Waals surface area contributed by atoms with Crippen LogP contribution in [0.1, 0.15) is 42.4 Å². The maximum absolute atomic E-state index is 12.6. The lowest BCUT2D eigenvalue weighted by Gasteiger charge is -2.25. The fourth-order valence-corrected chi connectivity index (χ4v) is 4.41. The van der Waals surface area contributed by atoms with Crippen LogP contribution in [0.25, 0.3) is 0 Å². The normalized spacial score (nSPS) is 17.6. The van der Waals surface area contributed by atoms with Crippen LogP contribution < -0.4 is 0 Å². The lowest BCUT2D eigenvalue weighted by molar-refractivity contribution is 0.0918. The van der Waals surface area contributed by atoms with Crippen LogP contribution in [0.15, 0.2) is 4.90 Å². The number of hydrogen-bond donors (Lipinski definition) is 0. The van der Waals surface area contributed by atoms with Crippen LogP contribution in [0.3, 0.4) is 0 Å². The van der Waals surface area contributed by atoms with Crippen LogP contribution in [0.5, 0.6) is 0 Å². The quantitative estimate of drug-likeness (QED) is 0.822. The van der Waals surface area contributed by atoms with Crippen molar-refractivity contribution in [3.05, 3.63) is 11.4 Å². The number of hydrogen-bond acceptors (Lipinski definition) is 4. The first-order valence-corrected chi connectivity index (χ1v) is 7.87. The zero-order valence-corrected chi connectivity index (χ0v) is 12.3. The van der Waals surface area contributed by atoms with Crippen molar-refractivity contribution in [2.24, 2.45) is 0 Å². The van der Waals surface area contributed by atoms with Crippen molar-refractivity contribution in [3.63, 3.8) is 0 Å². The number of carbonyl (C=O) groups excluding carboxylic acids is 1. The predicted molar refractivity (Wildman–Crippen MR) is 70.6 cm³/mol. The Hall–Kier alpha value is -1.21. The molecule has 2 heterocycles. The van der Waals surface area contributed by atoms with E-state index >= 15 is 0 Å². The summed E-state index contributed by atoms with van der Waals surface area (Å²) < 4.78 is 27.9.